The zero-order chi connectivity index (χ0) is 18.8. The Bertz CT molecular complexity index is 1120. The lowest BCUT2D eigenvalue weighted by atomic mass is 10.1. The van der Waals surface area contributed by atoms with Crippen molar-refractivity contribution in [3.05, 3.63) is 77.6 Å². The second kappa shape index (κ2) is 7.13. The fourth-order valence-electron chi connectivity index (χ4n) is 3.00. The van der Waals surface area contributed by atoms with Crippen molar-refractivity contribution in [3.8, 4) is 11.3 Å². The van der Waals surface area contributed by atoms with E-state index in [1.165, 1.54) is 0 Å². The van der Waals surface area contributed by atoms with Crippen molar-refractivity contribution >= 4 is 39.9 Å². The van der Waals surface area contributed by atoms with Gasteiger partial charge >= 0.3 is 6.03 Å². The molecule has 5 nitrogen and oxygen atoms in total. The molecule has 0 fully saturated rings. The number of hydrogen-bond acceptors (Lipinski definition) is 2. The van der Waals surface area contributed by atoms with Crippen LogP contribution in [0.2, 0.25) is 5.02 Å². The van der Waals surface area contributed by atoms with E-state index in [-0.39, 0.29) is 6.03 Å². The maximum atomic E-state index is 12.7. The number of amides is 2. The lowest BCUT2D eigenvalue weighted by Gasteiger charge is -2.11. The summed E-state index contributed by atoms with van der Waals surface area (Å²) in [6, 6.07) is 16.6. The summed E-state index contributed by atoms with van der Waals surface area (Å²) in [5.74, 6) is 0. The van der Waals surface area contributed by atoms with Crippen LogP contribution in [-0.4, -0.2) is 16.0 Å². The Morgan fingerprint density at radius 3 is 2.70 bits per heavy atom. The number of nitrogens with zero attached hydrogens (tertiary/aromatic N) is 1. The summed E-state index contributed by atoms with van der Waals surface area (Å²) in [6.45, 7) is 1.95. The molecule has 0 atom stereocenters. The van der Waals surface area contributed by atoms with Gasteiger partial charge in [-0.3, -0.25) is 4.98 Å². The standard InChI is InChI=1S/C21H17ClN4O/c1-13-5-2-3-7-17(13)25-21(27)26-20-16-11-15(22)8-9-18(16)24-19(20)14-6-4-10-23-12-14/h2-12,24H,1H3,(H2,25,26,27). The van der Waals surface area contributed by atoms with Crippen LogP contribution in [0.1, 0.15) is 5.56 Å². The molecule has 0 aliphatic carbocycles. The van der Waals surface area contributed by atoms with E-state index in [1.807, 2.05) is 61.5 Å². The number of aromatic amines is 1. The number of carbonyl (C=O) groups is 1. The molecule has 0 radical (unpaired) electrons. The van der Waals surface area contributed by atoms with Gasteiger partial charge in [-0.2, -0.15) is 0 Å². The number of carbonyl (C=O) groups excluding carboxylic acids is 1. The van der Waals surface area contributed by atoms with E-state index in [1.54, 1.807) is 12.4 Å². The van der Waals surface area contributed by atoms with Gasteiger partial charge in [-0.05, 0) is 48.9 Å². The van der Waals surface area contributed by atoms with Gasteiger partial charge in [0.15, 0.2) is 0 Å². The largest absolute Gasteiger partial charge is 0.353 e. The number of urea groups is 1. The van der Waals surface area contributed by atoms with Crippen molar-refractivity contribution in [3.63, 3.8) is 0 Å². The lowest BCUT2D eigenvalue weighted by molar-refractivity contribution is 0.262. The Morgan fingerprint density at radius 2 is 1.93 bits per heavy atom. The summed E-state index contributed by atoms with van der Waals surface area (Å²) in [7, 11) is 0. The Hall–Kier alpha value is -3.31. The van der Waals surface area contributed by atoms with Crippen LogP contribution in [0.5, 0.6) is 0 Å². The van der Waals surface area contributed by atoms with Crippen LogP contribution >= 0.6 is 11.6 Å². The number of rotatable bonds is 3. The highest BCUT2D eigenvalue weighted by molar-refractivity contribution is 6.31. The van der Waals surface area contributed by atoms with E-state index in [9.17, 15) is 4.79 Å². The summed E-state index contributed by atoms with van der Waals surface area (Å²) in [5, 5.41) is 7.29. The number of H-pyrrole nitrogens is 1. The first-order valence-electron chi connectivity index (χ1n) is 8.47. The first-order valence-corrected chi connectivity index (χ1v) is 8.85. The zero-order valence-electron chi connectivity index (χ0n) is 14.6. The van der Waals surface area contributed by atoms with Crippen molar-refractivity contribution in [1.29, 1.82) is 0 Å². The molecule has 0 saturated carbocycles. The van der Waals surface area contributed by atoms with Crippen LogP contribution in [0.3, 0.4) is 0 Å². The second-order valence-electron chi connectivity index (χ2n) is 6.20. The van der Waals surface area contributed by atoms with E-state index in [4.69, 9.17) is 11.6 Å². The van der Waals surface area contributed by atoms with E-state index in [0.717, 1.165) is 33.4 Å². The van der Waals surface area contributed by atoms with Gasteiger partial charge in [-0.25, -0.2) is 4.79 Å². The van der Waals surface area contributed by atoms with E-state index >= 15 is 0 Å². The van der Waals surface area contributed by atoms with Crippen molar-refractivity contribution in [1.82, 2.24) is 9.97 Å². The molecule has 134 valence electrons. The molecule has 0 spiro atoms. The number of hydrogen-bond donors (Lipinski definition) is 3. The number of aryl methyl sites for hydroxylation is 1. The fourth-order valence-corrected chi connectivity index (χ4v) is 3.17. The van der Waals surface area contributed by atoms with Gasteiger partial charge in [0, 0.05) is 39.6 Å². The maximum absolute atomic E-state index is 12.7. The van der Waals surface area contributed by atoms with Gasteiger partial charge in [-0.1, -0.05) is 29.8 Å². The van der Waals surface area contributed by atoms with Crippen molar-refractivity contribution in [2.24, 2.45) is 0 Å². The number of anilines is 2. The minimum atomic E-state index is -0.324. The van der Waals surface area contributed by atoms with E-state index in [2.05, 4.69) is 20.6 Å². The summed E-state index contributed by atoms with van der Waals surface area (Å²) in [4.78, 5) is 20.2. The molecule has 4 rings (SSSR count). The van der Waals surface area contributed by atoms with Gasteiger partial charge in [0.05, 0.1) is 11.4 Å². The number of aromatic nitrogens is 2. The van der Waals surface area contributed by atoms with Crippen LogP contribution in [0.15, 0.2) is 67.0 Å². The quantitative estimate of drug-likeness (QED) is 0.420. The van der Waals surface area contributed by atoms with Gasteiger partial charge in [-0.15, -0.1) is 0 Å². The molecule has 4 aromatic rings. The van der Waals surface area contributed by atoms with Crippen LogP contribution in [0, 0.1) is 6.92 Å². The molecule has 2 aromatic carbocycles. The lowest BCUT2D eigenvalue weighted by Crippen LogP contribution is -2.20. The van der Waals surface area contributed by atoms with Crippen LogP contribution in [-0.2, 0) is 0 Å². The van der Waals surface area contributed by atoms with Gasteiger partial charge in [0.2, 0.25) is 0 Å². The molecule has 2 amide bonds. The normalized spacial score (nSPS) is 10.7. The Labute approximate surface area is 161 Å². The molecule has 0 aliphatic heterocycles. The predicted molar refractivity (Wildman–Crippen MR) is 110 cm³/mol. The number of halogens is 1. The van der Waals surface area contributed by atoms with E-state index in [0.29, 0.717) is 10.7 Å². The van der Waals surface area contributed by atoms with Gasteiger partial charge in [0.1, 0.15) is 0 Å². The van der Waals surface area contributed by atoms with E-state index < -0.39 is 0 Å². The van der Waals surface area contributed by atoms with Crippen LogP contribution in [0.25, 0.3) is 22.2 Å². The third kappa shape index (κ3) is 3.50. The molecule has 6 heteroatoms. The number of nitrogens with one attached hydrogen (secondary N) is 3. The molecular weight excluding hydrogens is 360 g/mol. The second-order valence-corrected chi connectivity index (χ2v) is 6.64. The van der Waals surface area contributed by atoms with Crippen molar-refractivity contribution < 1.29 is 4.79 Å². The minimum absolute atomic E-state index is 0.324. The Balaban J connectivity index is 1.74. The molecule has 2 aromatic heterocycles. The first kappa shape index (κ1) is 17.1. The SMILES string of the molecule is Cc1ccccc1NC(=O)Nc1c(-c2cccnc2)[nH]c2ccc(Cl)cc12. The highest BCUT2D eigenvalue weighted by Crippen LogP contribution is 2.36. The maximum Gasteiger partial charge on any atom is 0.323 e. The predicted octanol–water partition coefficient (Wildman–Crippen LogP) is 5.84. The Kier molecular flexibility index (Phi) is 4.52. The first-order chi connectivity index (χ1) is 13.1. The molecule has 0 unspecified atom stereocenters. The Morgan fingerprint density at radius 1 is 1.07 bits per heavy atom. The van der Waals surface area contributed by atoms with Crippen molar-refractivity contribution in [2.75, 3.05) is 10.6 Å². The molecule has 2 heterocycles. The highest BCUT2D eigenvalue weighted by atomic mass is 35.5. The van der Waals surface area contributed by atoms with Gasteiger partial charge < -0.3 is 15.6 Å². The van der Waals surface area contributed by atoms with Gasteiger partial charge in [0.25, 0.3) is 0 Å². The molecule has 27 heavy (non-hydrogen) atoms. The summed E-state index contributed by atoms with van der Waals surface area (Å²) in [5.41, 5.74) is 4.94. The third-order valence-electron chi connectivity index (χ3n) is 4.34. The molecular formula is C21H17ClN4O. The number of pyridine rings is 1. The molecule has 3 N–H and O–H groups in total. The smallest absolute Gasteiger partial charge is 0.323 e. The number of fused-ring (bicyclic) bond motifs is 1. The average Bonchev–Trinajstić information content (AvgIpc) is 3.02. The topological polar surface area (TPSA) is 69.8 Å². The molecule has 0 bridgehead atoms. The summed E-state index contributed by atoms with van der Waals surface area (Å²) in [6.07, 6.45) is 3.46. The summed E-state index contributed by atoms with van der Waals surface area (Å²) < 4.78 is 0. The average molecular weight is 377 g/mol. The number of para-hydroxylation sites is 1. The van der Waals surface area contributed by atoms with Crippen LogP contribution < -0.4 is 10.6 Å². The fraction of sp³-hybridized carbons (Fsp3) is 0.0476. The summed E-state index contributed by atoms with van der Waals surface area (Å²) >= 11 is 6.18. The number of benzene rings is 2. The monoisotopic (exact) mass is 376 g/mol. The zero-order valence-corrected chi connectivity index (χ0v) is 15.3. The highest BCUT2D eigenvalue weighted by Gasteiger charge is 2.16. The minimum Gasteiger partial charge on any atom is -0.353 e. The molecule has 0 saturated heterocycles. The van der Waals surface area contributed by atoms with Crippen molar-refractivity contribution in [2.45, 2.75) is 6.92 Å². The van der Waals surface area contributed by atoms with Crippen LogP contribution in [0.4, 0.5) is 16.2 Å². The third-order valence-corrected chi connectivity index (χ3v) is 4.58. The molecule has 0 aliphatic rings.